The minimum atomic E-state index is -0.774. The van der Waals surface area contributed by atoms with Crippen molar-refractivity contribution in [2.24, 2.45) is 0 Å². The number of tetrazole rings is 1. The van der Waals surface area contributed by atoms with Gasteiger partial charge < -0.3 is 20.0 Å². The van der Waals surface area contributed by atoms with Crippen LogP contribution in [0.2, 0.25) is 0 Å². The maximum atomic E-state index is 12.8. The van der Waals surface area contributed by atoms with Crippen molar-refractivity contribution in [1.82, 2.24) is 30.2 Å². The van der Waals surface area contributed by atoms with Crippen molar-refractivity contribution >= 4 is 56.3 Å². The van der Waals surface area contributed by atoms with E-state index in [0.717, 1.165) is 5.56 Å². The van der Waals surface area contributed by atoms with Gasteiger partial charge in [-0.05, 0) is 57.1 Å². The number of fused-ring (bicyclic) bond motifs is 1. The van der Waals surface area contributed by atoms with E-state index in [0.29, 0.717) is 27.0 Å². The molecule has 0 aliphatic heterocycles. The molecular formula is C20H16BrN7O4. The molecule has 4 rings (SSSR count). The van der Waals surface area contributed by atoms with E-state index in [-0.39, 0.29) is 11.4 Å². The molecule has 12 heteroatoms. The van der Waals surface area contributed by atoms with Crippen LogP contribution in [-0.2, 0) is 14.3 Å². The fraction of sp³-hybridized carbons (Fsp3) is 0.100. The van der Waals surface area contributed by atoms with E-state index in [1.807, 2.05) is 18.2 Å². The maximum absolute atomic E-state index is 12.8. The summed E-state index contributed by atoms with van der Waals surface area (Å²) >= 11 is 3.34. The van der Waals surface area contributed by atoms with Crippen LogP contribution in [0, 0.1) is 6.92 Å². The molecule has 3 N–H and O–H groups in total. The van der Waals surface area contributed by atoms with E-state index in [1.54, 1.807) is 37.3 Å². The Morgan fingerprint density at radius 3 is 2.59 bits per heavy atom. The molecule has 0 unspecified atom stereocenters. The molecular weight excluding hydrogens is 482 g/mol. The van der Waals surface area contributed by atoms with E-state index < -0.39 is 18.5 Å². The Morgan fingerprint density at radius 2 is 1.91 bits per heavy atom. The summed E-state index contributed by atoms with van der Waals surface area (Å²) < 4.78 is 6.99. The topological polar surface area (TPSA) is 148 Å². The minimum absolute atomic E-state index is 0.0546. The highest BCUT2D eigenvalue weighted by Crippen LogP contribution is 2.26. The molecule has 2 aromatic carbocycles. The van der Waals surface area contributed by atoms with Crippen molar-refractivity contribution in [3.8, 4) is 0 Å². The first-order chi connectivity index (χ1) is 15.4. The second-order valence-electron chi connectivity index (χ2n) is 6.66. The molecule has 0 aliphatic rings. The number of nitrogens with one attached hydrogen (secondary N) is 3. The lowest BCUT2D eigenvalue weighted by Gasteiger charge is -2.10. The predicted octanol–water partition coefficient (Wildman–Crippen LogP) is 2.09. The Bertz CT molecular complexity index is 1390. The summed E-state index contributed by atoms with van der Waals surface area (Å²) in [6.07, 6.45) is 1.57. The normalized spacial score (nSPS) is 11.5. The Labute approximate surface area is 188 Å². The highest BCUT2D eigenvalue weighted by Gasteiger charge is 2.19. The first kappa shape index (κ1) is 21.2. The summed E-state index contributed by atoms with van der Waals surface area (Å²) in [5.41, 5.74) is 1.94. The molecule has 0 fully saturated rings. The number of anilines is 1. The molecule has 0 saturated heterocycles. The lowest BCUT2D eigenvalue weighted by molar-refractivity contribution is -0.141. The van der Waals surface area contributed by atoms with Crippen LogP contribution in [0.5, 0.6) is 0 Å². The number of halogens is 1. The summed E-state index contributed by atoms with van der Waals surface area (Å²) in [4.78, 5) is 41.8. The van der Waals surface area contributed by atoms with Gasteiger partial charge in [0.05, 0.1) is 16.7 Å². The Kier molecular flexibility index (Phi) is 5.94. The van der Waals surface area contributed by atoms with Crippen LogP contribution >= 0.6 is 15.9 Å². The van der Waals surface area contributed by atoms with Crippen molar-refractivity contribution in [1.29, 1.82) is 0 Å². The highest BCUT2D eigenvalue weighted by molar-refractivity contribution is 9.10. The lowest BCUT2D eigenvalue weighted by atomic mass is 10.2. The van der Waals surface area contributed by atoms with Gasteiger partial charge in [-0.15, -0.1) is 5.10 Å². The molecule has 0 spiro atoms. The summed E-state index contributed by atoms with van der Waals surface area (Å²) in [6.45, 7) is 1.10. The molecule has 0 aliphatic carbocycles. The maximum Gasteiger partial charge on any atom is 0.357 e. The molecule has 11 nitrogen and oxygen atoms in total. The van der Waals surface area contributed by atoms with Crippen molar-refractivity contribution in [2.45, 2.75) is 6.92 Å². The largest absolute Gasteiger partial charge is 0.451 e. The van der Waals surface area contributed by atoms with Crippen molar-refractivity contribution in [2.75, 3.05) is 11.9 Å². The van der Waals surface area contributed by atoms with Crippen LogP contribution in [-0.4, -0.2) is 48.7 Å². The Morgan fingerprint density at radius 1 is 1.19 bits per heavy atom. The molecule has 0 bridgehead atoms. The van der Waals surface area contributed by atoms with E-state index >= 15 is 0 Å². The van der Waals surface area contributed by atoms with Gasteiger partial charge in [0, 0.05) is 4.47 Å². The zero-order valence-corrected chi connectivity index (χ0v) is 18.2. The van der Waals surface area contributed by atoms with Gasteiger partial charge in [0.15, 0.2) is 18.1 Å². The molecule has 4 aromatic rings. The summed E-state index contributed by atoms with van der Waals surface area (Å²) in [5.74, 6) is -0.959. The number of aryl methyl sites for hydroxylation is 1. The number of imidazole rings is 1. The third-order valence-corrected chi connectivity index (χ3v) is 5.03. The number of esters is 1. The molecule has 0 atom stereocenters. The monoisotopic (exact) mass is 497 g/mol. The van der Waals surface area contributed by atoms with Gasteiger partial charge in [-0.1, -0.05) is 30.3 Å². The van der Waals surface area contributed by atoms with Crippen molar-refractivity contribution in [3.63, 3.8) is 0 Å². The number of benzene rings is 2. The molecule has 2 aromatic heterocycles. The van der Waals surface area contributed by atoms with E-state index in [2.05, 4.69) is 46.7 Å². The number of amides is 1. The van der Waals surface area contributed by atoms with Gasteiger partial charge in [-0.25, -0.2) is 9.59 Å². The van der Waals surface area contributed by atoms with Crippen LogP contribution in [0.3, 0.4) is 0 Å². The van der Waals surface area contributed by atoms with E-state index in [1.165, 1.54) is 4.68 Å². The zero-order valence-electron chi connectivity index (χ0n) is 16.6. The Hall–Kier alpha value is -4.06. The fourth-order valence-corrected chi connectivity index (χ4v) is 3.35. The number of rotatable bonds is 6. The van der Waals surface area contributed by atoms with Gasteiger partial charge in [0.1, 0.15) is 0 Å². The number of hydrogen-bond donors (Lipinski definition) is 3. The predicted molar refractivity (Wildman–Crippen MR) is 119 cm³/mol. The highest BCUT2D eigenvalue weighted by atomic mass is 79.9. The summed E-state index contributed by atoms with van der Waals surface area (Å²) in [5, 5.41) is 13.8. The number of carbonyl (C=O) groups is 2. The van der Waals surface area contributed by atoms with Gasteiger partial charge in [-0.3, -0.25) is 4.79 Å². The molecule has 2 heterocycles. The Balaban J connectivity index is 1.49. The number of carbonyl (C=O) groups excluding carboxylic acids is 2. The number of hydrogen-bond acceptors (Lipinski definition) is 7. The first-order valence-electron chi connectivity index (χ1n) is 9.31. The lowest BCUT2D eigenvalue weighted by Crippen LogP contribution is -2.23. The van der Waals surface area contributed by atoms with Crippen molar-refractivity contribution < 1.29 is 14.3 Å². The smallest absolute Gasteiger partial charge is 0.357 e. The van der Waals surface area contributed by atoms with Crippen LogP contribution in [0.1, 0.15) is 11.4 Å². The minimum Gasteiger partial charge on any atom is -0.451 e. The standard InChI is InChI=1S/C20H16BrN7O4/c1-11-25-26-27-28(11)17(7-12-5-3-2-4-6-12)19(30)32-10-18(29)22-14-9-16-15(8-13(14)21)23-20(31)24-16/h2-9H,10H2,1H3,(H,22,29)(H2,23,24,31)/b17-7-. The van der Waals surface area contributed by atoms with Gasteiger partial charge in [0.2, 0.25) is 0 Å². The molecule has 1 amide bonds. The third-order valence-electron chi connectivity index (χ3n) is 4.38. The molecule has 162 valence electrons. The number of ether oxygens (including phenoxy) is 1. The number of aromatic nitrogens is 6. The van der Waals surface area contributed by atoms with Gasteiger partial charge >= 0.3 is 11.7 Å². The van der Waals surface area contributed by atoms with Crippen LogP contribution < -0.4 is 11.0 Å². The van der Waals surface area contributed by atoms with Crippen LogP contribution in [0.4, 0.5) is 5.69 Å². The number of nitrogens with zero attached hydrogens (tertiary/aromatic N) is 4. The average Bonchev–Trinajstić information content (AvgIpc) is 3.35. The molecule has 32 heavy (non-hydrogen) atoms. The van der Waals surface area contributed by atoms with Crippen LogP contribution in [0.25, 0.3) is 22.8 Å². The van der Waals surface area contributed by atoms with E-state index in [9.17, 15) is 14.4 Å². The number of aromatic amines is 2. The summed E-state index contributed by atoms with van der Waals surface area (Å²) in [7, 11) is 0. The second kappa shape index (κ2) is 8.98. The third kappa shape index (κ3) is 4.64. The fourth-order valence-electron chi connectivity index (χ4n) is 2.91. The van der Waals surface area contributed by atoms with E-state index in [4.69, 9.17) is 4.74 Å². The average molecular weight is 498 g/mol. The van der Waals surface area contributed by atoms with Crippen molar-refractivity contribution in [3.05, 3.63) is 68.8 Å². The van der Waals surface area contributed by atoms with Gasteiger partial charge in [-0.2, -0.15) is 4.68 Å². The SMILES string of the molecule is Cc1nnnn1/C(=C\c1ccccc1)C(=O)OCC(=O)Nc1cc2[nH]c(=O)[nH]c2cc1Br. The molecule has 0 saturated carbocycles. The number of H-pyrrole nitrogens is 2. The zero-order chi connectivity index (χ0) is 22.7. The summed E-state index contributed by atoms with van der Waals surface area (Å²) in [6, 6.07) is 12.3. The quantitative estimate of drug-likeness (QED) is 0.272. The first-order valence-corrected chi connectivity index (χ1v) is 10.1. The molecule has 0 radical (unpaired) electrons. The van der Waals surface area contributed by atoms with Gasteiger partial charge in [0.25, 0.3) is 5.91 Å². The van der Waals surface area contributed by atoms with Crippen LogP contribution in [0.15, 0.2) is 51.7 Å². The second-order valence-corrected chi connectivity index (χ2v) is 7.51.